The van der Waals surface area contributed by atoms with Gasteiger partial charge in [-0.25, -0.2) is 4.39 Å². The molecule has 7 heteroatoms. The largest absolute Gasteiger partial charge is 0.497 e. The summed E-state index contributed by atoms with van der Waals surface area (Å²) >= 11 is 1.47. The number of ether oxygens (including phenoxy) is 1. The summed E-state index contributed by atoms with van der Waals surface area (Å²) in [6.07, 6.45) is 4.60. The van der Waals surface area contributed by atoms with Crippen LogP contribution in [0.25, 0.3) is 0 Å². The van der Waals surface area contributed by atoms with E-state index in [2.05, 4.69) is 5.32 Å². The molecule has 1 aliphatic carbocycles. The number of halogens is 1. The second kappa shape index (κ2) is 14.0. The first-order chi connectivity index (χ1) is 18.5. The third kappa shape index (κ3) is 8.09. The highest BCUT2D eigenvalue weighted by molar-refractivity contribution is 7.99. The number of rotatable bonds is 12. The normalized spacial score (nSPS) is 14.2. The molecule has 0 aliphatic heterocycles. The summed E-state index contributed by atoms with van der Waals surface area (Å²) in [7, 11) is 1.61. The predicted molar refractivity (Wildman–Crippen MR) is 150 cm³/mol. The number of amides is 2. The molecule has 0 saturated heterocycles. The van der Waals surface area contributed by atoms with Crippen LogP contribution in [0.2, 0.25) is 0 Å². The molecular weight excluding hydrogens is 499 g/mol. The van der Waals surface area contributed by atoms with Gasteiger partial charge in [-0.2, -0.15) is 0 Å². The minimum Gasteiger partial charge on any atom is -0.497 e. The number of nitrogens with zero attached hydrogens (tertiary/aromatic N) is 1. The second-order valence-electron chi connectivity index (χ2n) is 9.69. The fourth-order valence-electron chi connectivity index (χ4n) is 4.81. The van der Waals surface area contributed by atoms with Gasteiger partial charge in [0.1, 0.15) is 17.6 Å². The van der Waals surface area contributed by atoms with E-state index < -0.39 is 6.04 Å². The van der Waals surface area contributed by atoms with Crippen molar-refractivity contribution in [1.82, 2.24) is 10.2 Å². The summed E-state index contributed by atoms with van der Waals surface area (Å²) in [5.74, 6) is 0.995. The lowest BCUT2D eigenvalue weighted by molar-refractivity contribution is -0.139. The molecule has 1 N–H and O–H groups in total. The molecule has 1 atom stereocenters. The molecule has 0 unspecified atom stereocenters. The Hall–Kier alpha value is -3.32. The smallest absolute Gasteiger partial charge is 0.243 e. The molecule has 1 aliphatic rings. The molecule has 3 aromatic carbocycles. The molecule has 0 bridgehead atoms. The Morgan fingerprint density at radius 2 is 1.68 bits per heavy atom. The molecule has 0 radical (unpaired) electrons. The average molecular weight is 535 g/mol. The van der Waals surface area contributed by atoms with Gasteiger partial charge in [-0.15, -0.1) is 11.8 Å². The quantitative estimate of drug-likeness (QED) is 0.321. The predicted octanol–water partition coefficient (Wildman–Crippen LogP) is 5.77. The van der Waals surface area contributed by atoms with Crippen LogP contribution in [0.5, 0.6) is 5.75 Å². The van der Waals surface area contributed by atoms with Crippen molar-refractivity contribution in [3.05, 3.63) is 101 Å². The topological polar surface area (TPSA) is 58.6 Å². The first-order valence-electron chi connectivity index (χ1n) is 13.1. The Balaban J connectivity index is 1.57. The molecule has 2 amide bonds. The monoisotopic (exact) mass is 534 g/mol. The average Bonchev–Trinajstić information content (AvgIpc) is 3.45. The number of carbonyl (C=O) groups is 2. The summed E-state index contributed by atoms with van der Waals surface area (Å²) in [5.41, 5.74) is 2.85. The minimum absolute atomic E-state index is 0.109. The summed E-state index contributed by atoms with van der Waals surface area (Å²) in [6.45, 7) is 0.294. The Labute approximate surface area is 228 Å². The molecule has 1 saturated carbocycles. The third-order valence-electron chi connectivity index (χ3n) is 6.87. The standard InChI is InChI=1S/C31H35FN2O3S/c1-37-28-13-7-10-25(18-28)20-34(30(35)22-38-21-24-14-16-26(32)17-15-24)29(19-23-8-3-2-4-9-23)31(36)33-27-11-5-6-12-27/h2-4,7-10,13-18,27,29H,5-6,11-12,19-22H2,1H3,(H,33,36)/t29-/m0/s1. The lowest BCUT2D eigenvalue weighted by Crippen LogP contribution is -2.52. The van der Waals surface area contributed by atoms with Crippen LogP contribution in [0.3, 0.4) is 0 Å². The van der Waals surface area contributed by atoms with E-state index in [-0.39, 0.29) is 29.4 Å². The van der Waals surface area contributed by atoms with E-state index in [9.17, 15) is 14.0 Å². The van der Waals surface area contributed by atoms with E-state index in [0.717, 1.165) is 42.4 Å². The van der Waals surface area contributed by atoms with Gasteiger partial charge in [-0.3, -0.25) is 9.59 Å². The van der Waals surface area contributed by atoms with E-state index in [0.29, 0.717) is 24.5 Å². The first-order valence-corrected chi connectivity index (χ1v) is 14.3. The van der Waals surface area contributed by atoms with Crippen molar-refractivity contribution < 1.29 is 18.7 Å². The molecule has 200 valence electrons. The second-order valence-corrected chi connectivity index (χ2v) is 10.7. The van der Waals surface area contributed by atoms with Crippen LogP contribution in [0.1, 0.15) is 42.4 Å². The Bertz CT molecular complexity index is 1180. The van der Waals surface area contributed by atoms with E-state index in [4.69, 9.17) is 4.74 Å². The lowest BCUT2D eigenvalue weighted by Gasteiger charge is -2.32. The molecule has 5 nitrogen and oxygen atoms in total. The van der Waals surface area contributed by atoms with Gasteiger partial charge in [0.25, 0.3) is 0 Å². The zero-order valence-electron chi connectivity index (χ0n) is 21.8. The highest BCUT2D eigenvalue weighted by atomic mass is 32.2. The number of thioether (sulfide) groups is 1. The molecule has 1 fully saturated rings. The summed E-state index contributed by atoms with van der Waals surface area (Å²) in [4.78, 5) is 29.2. The maximum Gasteiger partial charge on any atom is 0.243 e. The third-order valence-corrected chi connectivity index (χ3v) is 7.86. The van der Waals surface area contributed by atoms with E-state index in [1.54, 1.807) is 24.1 Å². The van der Waals surface area contributed by atoms with Gasteiger partial charge in [0.15, 0.2) is 0 Å². The van der Waals surface area contributed by atoms with Gasteiger partial charge in [-0.1, -0.05) is 67.4 Å². The molecule has 38 heavy (non-hydrogen) atoms. The number of hydrogen-bond acceptors (Lipinski definition) is 4. The molecular formula is C31H35FN2O3S. The highest BCUT2D eigenvalue weighted by Crippen LogP contribution is 2.22. The van der Waals surface area contributed by atoms with Crippen molar-refractivity contribution in [2.24, 2.45) is 0 Å². The number of hydrogen-bond donors (Lipinski definition) is 1. The van der Waals surface area contributed by atoms with E-state index >= 15 is 0 Å². The fraction of sp³-hybridized carbons (Fsp3) is 0.355. The minimum atomic E-state index is -0.650. The van der Waals surface area contributed by atoms with Gasteiger partial charge in [0, 0.05) is 24.8 Å². The van der Waals surface area contributed by atoms with Gasteiger partial charge in [0.2, 0.25) is 11.8 Å². The van der Waals surface area contributed by atoms with Gasteiger partial charge in [-0.05, 0) is 53.8 Å². The molecule has 0 spiro atoms. The van der Waals surface area contributed by atoms with Crippen molar-refractivity contribution >= 4 is 23.6 Å². The van der Waals surface area contributed by atoms with Crippen LogP contribution >= 0.6 is 11.8 Å². The van der Waals surface area contributed by atoms with Crippen molar-refractivity contribution in [3.8, 4) is 5.75 Å². The number of benzene rings is 3. The molecule has 0 aromatic heterocycles. The number of carbonyl (C=O) groups excluding carboxylic acids is 2. The van der Waals surface area contributed by atoms with Crippen molar-refractivity contribution in [3.63, 3.8) is 0 Å². The van der Waals surface area contributed by atoms with Gasteiger partial charge < -0.3 is 15.0 Å². The van der Waals surface area contributed by atoms with Crippen molar-refractivity contribution in [2.75, 3.05) is 12.9 Å². The van der Waals surface area contributed by atoms with Crippen LogP contribution in [-0.2, 0) is 28.3 Å². The van der Waals surface area contributed by atoms with Crippen LogP contribution in [-0.4, -0.2) is 41.7 Å². The summed E-state index contributed by atoms with van der Waals surface area (Å²) < 4.78 is 18.7. The van der Waals surface area contributed by atoms with E-state index in [1.165, 1.54) is 23.9 Å². The van der Waals surface area contributed by atoms with Crippen LogP contribution < -0.4 is 10.1 Å². The van der Waals surface area contributed by atoms with Crippen LogP contribution in [0, 0.1) is 5.82 Å². The zero-order chi connectivity index (χ0) is 26.7. The first kappa shape index (κ1) is 27.7. The Morgan fingerprint density at radius 1 is 0.974 bits per heavy atom. The number of methoxy groups -OCH3 is 1. The highest BCUT2D eigenvalue weighted by Gasteiger charge is 2.32. The maximum absolute atomic E-state index is 13.8. The summed E-state index contributed by atoms with van der Waals surface area (Å²) in [6, 6.07) is 23.3. The van der Waals surface area contributed by atoms with Crippen molar-refractivity contribution in [1.29, 1.82) is 0 Å². The van der Waals surface area contributed by atoms with E-state index in [1.807, 2.05) is 54.6 Å². The molecule has 3 aromatic rings. The van der Waals surface area contributed by atoms with Gasteiger partial charge >= 0.3 is 0 Å². The zero-order valence-corrected chi connectivity index (χ0v) is 22.6. The fourth-order valence-corrected chi connectivity index (χ4v) is 5.68. The SMILES string of the molecule is COc1cccc(CN(C(=O)CSCc2ccc(F)cc2)[C@@H](Cc2ccccc2)C(=O)NC2CCCC2)c1. The van der Waals surface area contributed by atoms with Crippen molar-refractivity contribution in [2.45, 2.75) is 56.5 Å². The molecule has 0 heterocycles. The Kier molecular flexibility index (Phi) is 10.2. The van der Waals surface area contributed by atoms with Crippen LogP contribution in [0.15, 0.2) is 78.9 Å². The maximum atomic E-state index is 13.8. The Morgan fingerprint density at radius 3 is 2.39 bits per heavy atom. The van der Waals surface area contributed by atoms with Gasteiger partial charge in [0.05, 0.1) is 12.9 Å². The van der Waals surface area contributed by atoms with Crippen LogP contribution in [0.4, 0.5) is 4.39 Å². The number of nitrogens with one attached hydrogen (secondary N) is 1. The molecule has 4 rings (SSSR count). The summed E-state index contributed by atoms with van der Waals surface area (Å²) in [5, 5.41) is 3.23. The lowest BCUT2D eigenvalue weighted by atomic mass is 10.0.